The van der Waals surface area contributed by atoms with E-state index < -0.39 is 0 Å². The van der Waals surface area contributed by atoms with Crippen LogP contribution < -0.4 is 10.6 Å². The van der Waals surface area contributed by atoms with E-state index in [4.69, 9.17) is 0 Å². The first kappa shape index (κ1) is 22.0. The average Bonchev–Trinajstić information content (AvgIpc) is 2.85. The van der Waals surface area contributed by atoms with E-state index in [0.717, 1.165) is 31.9 Å². The molecule has 0 bridgehead atoms. The third-order valence-corrected chi connectivity index (χ3v) is 4.96. The minimum absolute atomic E-state index is 0. The molecule has 0 aliphatic heterocycles. The highest BCUT2D eigenvalue weighted by Crippen LogP contribution is 2.17. The molecule has 0 unspecified atom stereocenters. The van der Waals surface area contributed by atoms with Gasteiger partial charge in [0.05, 0.1) is 10.7 Å². The number of guanidine groups is 1. The van der Waals surface area contributed by atoms with Gasteiger partial charge >= 0.3 is 0 Å². The predicted octanol–water partition coefficient (Wildman–Crippen LogP) is 3.48. The molecule has 1 aromatic rings. The van der Waals surface area contributed by atoms with Crippen molar-refractivity contribution in [2.24, 2.45) is 4.99 Å². The topological polar surface area (TPSA) is 49.3 Å². The van der Waals surface area contributed by atoms with Crippen LogP contribution in [0, 0.1) is 6.92 Å². The number of hydrogen-bond donors (Lipinski definition) is 2. The lowest BCUT2D eigenvalue weighted by atomic mass is 10.3. The summed E-state index contributed by atoms with van der Waals surface area (Å²) in [5, 5.41) is 7.93. The zero-order valence-electron chi connectivity index (χ0n) is 14.1. The van der Waals surface area contributed by atoms with E-state index >= 15 is 0 Å². The molecule has 22 heavy (non-hydrogen) atoms. The summed E-state index contributed by atoms with van der Waals surface area (Å²) in [5.74, 6) is 2.12. The molecule has 0 aromatic carbocycles. The van der Waals surface area contributed by atoms with Crippen molar-refractivity contribution >= 4 is 53.0 Å². The summed E-state index contributed by atoms with van der Waals surface area (Å²) in [6.07, 6.45) is 6.57. The summed E-state index contributed by atoms with van der Waals surface area (Å²) >= 11 is 3.71. The molecule has 0 aliphatic carbocycles. The molecule has 0 saturated carbocycles. The van der Waals surface area contributed by atoms with E-state index in [1.807, 2.05) is 30.1 Å². The van der Waals surface area contributed by atoms with Gasteiger partial charge in [0.25, 0.3) is 0 Å². The van der Waals surface area contributed by atoms with Crippen molar-refractivity contribution in [2.45, 2.75) is 39.5 Å². The lowest BCUT2D eigenvalue weighted by molar-refractivity contribution is 0.729. The molecule has 4 nitrogen and oxygen atoms in total. The molecule has 1 aromatic heterocycles. The largest absolute Gasteiger partial charge is 0.356 e. The molecule has 2 N–H and O–H groups in total. The quantitative estimate of drug-likeness (QED) is 0.259. The molecule has 1 heterocycles. The van der Waals surface area contributed by atoms with Gasteiger partial charge in [0.1, 0.15) is 0 Å². The Hall–Kier alpha value is -0.0200. The number of aromatic nitrogens is 1. The molecule has 0 atom stereocenters. The van der Waals surface area contributed by atoms with Crippen LogP contribution in [0.3, 0.4) is 0 Å². The standard InChI is InChI=1S/C15H28N4S2.HI/c1-5-13-12(2)21-14(19-13)8-10-18-15(16-3)17-9-6-7-11-20-4;/h5-11H2,1-4H3,(H2,16,17,18);1H. The maximum absolute atomic E-state index is 4.66. The summed E-state index contributed by atoms with van der Waals surface area (Å²) in [6.45, 7) is 6.17. The van der Waals surface area contributed by atoms with Crippen molar-refractivity contribution < 1.29 is 0 Å². The number of hydrogen-bond acceptors (Lipinski definition) is 4. The smallest absolute Gasteiger partial charge is 0.190 e. The number of thioether (sulfide) groups is 1. The van der Waals surface area contributed by atoms with Crippen LogP contribution in [0.15, 0.2) is 4.99 Å². The van der Waals surface area contributed by atoms with Gasteiger partial charge in [-0.05, 0) is 38.2 Å². The zero-order valence-corrected chi connectivity index (χ0v) is 18.0. The van der Waals surface area contributed by atoms with Gasteiger partial charge < -0.3 is 10.6 Å². The minimum atomic E-state index is 0. The van der Waals surface area contributed by atoms with Crippen molar-refractivity contribution in [3.63, 3.8) is 0 Å². The lowest BCUT2D eigenvalue weighted by Gasteiger charge is -2.11. The fraction of sp³-hybridized carbons (Fsp3) is 0.733. The molecule has 0 aliphatic rings. The number of nitrogens with zero attached hydrogens (tertiary/aromatic N) is 2. The lowest BCUT2D eigenvalue weighted by Crippen LogP contribution is -2.38. The van der Waals surface area contributed by atoms with Gasteiger partial charge in [-0.2, -0.15) is 11.8 Å². The number of aliphatic imine (C=N–C) groups is 1. The van der Waals surface area contributed by atoms with Crippen LogP contribution in [0.4, 0.5) is 0 Å². The monoisotopic (exact) mass is 456 g/mol. The molecule has 0 radical (unpaired) electrons. The molecular formula is C15H29IN4S2. The van der Waals surface area contributed by atoms with E-state index in [2.05, 4.69) is 40.7 Å². The number of aryl methyl sites for hydroxylation is 2. The first-order valence-electron chi connectivity index (χ1n) is 7.59. The highest BCUT2D eigenvalue weighted by atomic mass is 127. The van der Waals surface area contributed by atoms with Crippen LogP contribution in [0.1, 0.15) is 35.3 Å². The molecule has 128 valence electrons. The molecule has 0 spiro atoms. The zero-order chi connectivity index (χ0) is 15.5. The Morgan fingerprint density at radius 1 is 1.27 bits per heavy atom. The average molecular weight is 456 g/mol. The van der Waals surface area contributed by atoms with E-state index in [-0.39, 0.29) is 24.0 Å². The fourth-order valence-corrected chi connectivity index (χ4v) is 3.52. The maximum Gasteiger partial charge on any atom is 0.190 e. The predicted molar refractivity (Wildman–Crippen MR) is 112 cm³/mol. The summed E-state index contributed by atoms with van der Waals surface area (Å²) in [5.41, 5.74) is 1.24. The molecule has 0 fully saturated rings. The summed E-state index contributed by atoms with van der Waals surface area (Å²) in [4.78, 5) is 10.3. The minimum Gasteiger partial charge on any atom is -0.356 e. The van der Waals surface area contributed by atoms with Gasteiger partial charge in [-0.25, -0.2) is 4.98 Å². The Balaban J connectivity index is 0.00000441. The van der Waals surface area contributed by atoms with Gasteiger partial charge in [-0.1, -0.05) is 6.92 Å². The van der Waals surface area contributed by atoms with Crippen molar-refractivity contribution in [3.8, 4) is 0 Å². The van der Waals surface area contributed by atoms with Crippen LogP contribution in [0.25, 0.3) is 0 Å². The Labute approximate surface area is 160 Å². The summed E-state index contributed by atoms with van der Waals surface area (Å²) in [6, 6.07) is 0. The second kappa shape index (κ2) is 13.4. The molecular weight excluding hydrogens is 427 g/mol. The Morgan fingerprint density at radius 3 is 2.59 bits per heavy atom. The van der Waals surface area contributed by atoms with Crippen LogP contribution in [-0.4, -0.2) is 43.1 Å². The van der Waals surface area contributed by atoms with Crippen molar-refractivity contribution in [1.82, 2.24) is 15.6 Å². The molecule has 0 saturated heterocycles. The van der Waals surface area contributed by atoms with E-state index in [9.17, 15) is 0 Å². The summed E-state index contributed by atoms with van der Waals surface area (Å²) < 4.78 is 0. The van der Waals surface area contributed by atoms with Crippen molar-refractivity contribution in [3.05, 3.63) is 15.6 Å². The van der Waals surface area contributed by atoms with Crippen LogP contribution >= 0.6 is 47.1 Å². The van der Waals surface area contributed by atoms with Crippen LogP contribution in [0.2, 0.25) is 0 Å². The van der Waals surface area contributed by atoms with Gasteiger partial charge in [-0.15, -0.1) is 35.3 Å². The Morgan fingerprint density at radius 2 is 2.00 bits per heavy atom. The van der Waals surface area contributed by atoms with Crippen LogP contribution in [-0.2, 0) is 12.8 Å². The normalized spacial score (nSPS) is 11.2. The van der Waals surface area contributed by atoms with E-state index in [0.29, 0.717) is 0 Å². The van der Waals surface area contributed by atoms with E-state index in [1.165, 1.54) is 34.2 Å². The summed E-state index contributed by atoms with van der Waals surface area (Å²) in [7, 11) is 1.82. The fourth-order valence-electron chi connectivity index (χ4n) is 2.01. The third-order valence-electron chi connectivity index (χ3n) is 3.19. The van der Waals surface area contributed by atoms with Crippen molar-refractivity contribution in [1.29, 1.82) is 0 Å². The first-order valence-corrected chi connectivity index (χ1v) is 9.80. The first-order chi connectivity index (χ1) is 10.2. The number of nitrogens with one attached hydrogen (secondary N) is 2. The van der Waals surface area contributed by atoms with Crippen LogP contribution in [0.5, 0.6) is 0 Å². The number of rotatable bonds is 9. The SMILES string of the molecule is CCc1nc(CCNC(=NC)NCCCCSC)sc1C.I. The number of thiazole rings is 1. The molecule has 1 rings (SSSR count). The van der Waals surface area contributed by atoms with Gasteiger partial charge in [0.15, 0.2) is 5.96 Å². The molecule has 7 heteroatoms. The second-order valence-electron chi connectivity index (χ2n) is 4.84. The molecule has 0 amide bonds. The highest BCUT2D eigenvalue weighted by Gasteiger charge is 2.05. The van der Waals surface area contributed by atoms with E-state index in [1.54, 1.807) is 0 Å². The number of halogens is 1. The van der Waals surface area contributed by atoms with Crippen molar-refractivity contribution in [2.75, 3.05) is 32.1 Å². The van der Waals surface area contributed by atoms with Gasteiger partial charge in [0, 0.05) is 31.4 Å². The Bertz CT molecular complexity index is 435. The number of unbranched alkanes of at least 4 members (excludes halogenated alkanes) is 1. The van der Waals surface area contributed by atoms with Gasteiger partial charge in [-0.3, -0.25) is 4.99 Å². The Kier molecular flexibility index (Phi) is 13.4. The third kappa shape index (κ3) is 8.57. The van der Waals surface area contributed by atoms with Gasteiger partial charge in [0.2, 0.25) is 0 Å². The second-order valence-corrected chi connectivity index (χ2v) is 7.11. The highest BCUT2D eigenvalue weighted by molar-refractivity contribution is 14.0. The maximum atomic E-state index is 4.66.